The van der Waals surface area contributed by atoms with Gasteiger partial charge in [0.25, 0.3) is 0 Å². The molecule has 0 atom stereocenters. The molecule has 0 saturated carbocycles. The molecule has 4 heteroatoms. The van der Waals surface area contributed by atoms with Crippen molar-refractivity contribution in [1.29, 1.82) is 0 Å². The third-order valence-corrected chi connectivity index (χ3v) is 3.35. The maximum atomic E-state index is 5.73. The van der Waals surface area contributed by atoms with Gasteiger partial charge in [0.2, 0.25) is 0 Å². The van der Waals surface area contributed by atoms with Crippen LogP contribution in [-0.2, 0) is 13.2 Å². The first-order chi connectivity index (χ1) is 8.69. The Bertz CT molecular complexity index is 543. The lowest BCUT2D eigenvalue weighted by Gasteiger charge is -2.09. The molecule has 3 nitrogen and oxygen atoms in total. The Kier molecular flexibility index (Phi) is 4.33. The van der Waals surface area contributed by atoms with E-state index >= 15 is 0 Å². The fourth-order valence-electron chi connectivity index (χ4n) is 1.66. The molecule has 2 rings (SSSR count). The maximum Gasteiger partial charge on any atom is 0.120 e. The van der Waals surface area contributed by atoms with Crippen molar-refractivity contribution in [3.63, 3.8) is 0 Å². The van der Waals surface area contributed by atoms with Gasteiger partial charge in [0.15, 0.2) is 0 Å². The largest absolute Gasteiger partial charge is 0.489 e. The molecule has 1 heterocycles. The molecule has 2 aromatic rings. The summed E-state index contributed by atoms with van der Waals surface area (Å²) in [5, 5.41) is 0. The summed E-state index contributed by atoms with van der Waals surface area (Å²) in [6, 6.07) is 7.89. The van der Waals surface area contributed by atoms with Gasteiger partial charge in [-0.2, -0.15) is 0 Å². The zero-order chi connectivity index (χ0) is 13.0. The molecule has 1 aromatic heterocycles. The molecule has 0 spiro atoms. The molecular formula is C14H15BrN2O. The van der Waals surface area contributed by atoms with E-state index < -0.39 is 0 Å². The van der Waals surface area contributed by atoms with Crippen LogP contribution >= 0.6 is 15.9 Å². The van der Waals surface area contributed by atoms with E-state index in [1.54, 1.807) is 0 Å². The van der Waals surface area contributed by atoms with Gasteiger partial charge >= 0.3 is 0 Å². The minimum atomic E-state index is 0.490. The van der Waals surface area contributed by atoms with E-state index in [1.165, 1.54) is 0 Å². The minimum absolute atomic E-state index is 0.490. The standard InChI is InChI=1S/C14H15BrN2O/c1-10-4-11(8-17-7-10)9-18-13-2-3-14(15)12(5-13)6-16/h2-5,7-8H,6,9,16H2,1H3. The molecule has 18 heavy (non-hydrogen) atoms. The van der Waals surface area contributed by atoms with Crippen molar-refractivity contribution in [2.75, 3.05) is 0 Å². The molecule has 0 unspecified atom stereocenters. The molecule has 0 bridgehead atoms. The Morgan fingerprint density at radius 1 is 1.28 bits per heavy atom. The SMILES string of the molecule is Cc1cncc(COc2ccc(Br)c(CN)c2)c1. The van der Waals surface area contributed by atoms with Gasteiger partial charge in [0.05, 0.1) is 0 Å². The fraction of sp³-hybridized carbons (Fsp3) is 0.214. The summed E-state index contributed by atoms with van der Waals surface area (Å²) < 4.78 is 6.74. The number of nitrogens with two attached hydrogens (primary N) is 1. The Morgan fingerprint density at radius 3 is 2.83 bits per heavy atom. The summed E-state index contributed by atoms with van der Waals surface area (Å²) in [5.74, 6) is 0.820. The van der Waals surface area contributed by atoms with Gasteiger partial charge in [-0.1, -0.05) is 15.9 Å². The number of ether oxygens (including phenoxy) is 1. The summed E-state index contributed by atoms with van der Waals surface area (Å²) >= 11 is 3.45. The van der Waals surface area contributed by atoms with Crippen molar-refractivity contribution >= 4 is 15.9 Å². The Morgan fingerprint density at radius 2 is 2.11 bits per heavy atom. The third-order valence-electron chi connectivity index (χ3n) is 2.57. The zero-order valence-electron chi connectivity index (χ0n) is 10.2. The van der Waals surface area contributed by atoms with Gasteiger partial charge in [-0.3, -0.25) is 4.98 Å². The fourth-order valence-corrected chi connectivity index (χ4v) is 2.07. The molecular weight excluding hydrogens is 292 g/mol. The van der Waals surface area contributed by atoms with E-state index in [1.807, 2.05) is 37.5 Å². The summed E-state index contributed by atoms with van der Waals surface area (Å²) in [5.41, 5.74) is 8.88. The Hall–Kier alpha value is -1.39. The van der Waals surface area contributed by atoms with Gasteiger partial charge in [-0.25, -0.2) is 0 Å². The lowest BCUT2D eigenvalue weighted by atomic mass is 10.2. The van der Waals surface area contributed by atoms with Gasteiger partial charge in [0.1, 0.15) is 12.4 Å². The number of aryl methyl sites for hydroxylation is 1. The lowest BCUT2D eigenvalue weighted by Crippen LogP contribution is -2.00. The Balaban J connectivity index is 2.06. The third kappa shape index (κ3) is 3.31. The van der Waals surface area contributed by atoms with Gasteiger partial charge < -0.3 is 10.5 Å². The molecule has 0 saturated heterocycles. The molecule has 1 aromatic carbocycles. The van der Waals surface area contributed by atoms with Gasteiger partial charge in [-0.05, 0) is 42.3 Å². The normalized spacial score (nSPS) is 10.4. The van der Waals surface area contributed by atoms with Crippen LogP contribution in [0.15, 0.2) is 41.1 Å². The van der Waals surface area contributed by atoms with Crippen molar-refractivity contribution in [1.82, 2.24) is 4.98 Å². The highest BCUT2D eigenvalue weighted by Gasteiger charge is 2.02. The molecule has 94 valence electrons. The Labute approximate surface area is 115 Å². The minimum Gasteiger partial charge on any atom is -0.489 e. The number of nitrogens with zero attached hydrogens (tertiary/aromatic N) is 1. The van der Waals surface area contributed by atoms with Crippen molar-refractivity contribution in [2.45, 2.75) is 20.1 Å². The highest BCUT2D eigenvalue weighted by Crippen LogP contribution is 2.22. The number of aromatic nitrogens is 1. The van der Waals surface area contributed by atoms with Crippen LogP contribution < -0.4 is 10.5 Å². The second-order valence-electron chi connectivity index (χ2n) is 4.12. The first-order valence-corrected chi connectivity index (χ1v) is 6.50. The first-order valence-electron chi connectivity index (χ1n) is 5.71. The smallest absolute Gasteiger partial charge is 0.120 e. The van der Waals surface area contributed by atoms with Crippen LogP contribution in [0.5, 0.6) is 5.75 Å². The van der Waals surface area contributed by atoms with Crippen molar-refractivity contribution in [2.24, 2.45) is 5.73 Å². The lowest BCUT2D eigenvalue weighted by molar-refractivity contribution is 0.305. The van der Waals surface area contributed by atoms with E-state index in [-0.39, 0.29) is 0 Å². The maximum absolute atomic E-state index is 5.73. The average Bonchev–Trinajstić information content (AvgIpc) is 2.38. The van der Waals surface area contributed by atoms with Crippen LogP contribution in [0.25, 0.3) is 0 Å². The highest BCUT2D eigenvalue weighted by molar-refractivity contribution is 9.10. The summed E-state index contributed by atoms with van der Waals surface area (Å²) in [6.07, 6.45) is 3.64. The number of pyridine rings is 1. The van der Waals surface area contributed by atoms with E-state index in [9.17, 15) is 0 Å². The first kappa shape index (κ1) is 13.1. The van der Waals surface area contributed by atoms with Crippen LogP contribution in [0.4, 0.5) is 0 Å². The highest BCUT2D eigenvalue weighted by atomic mass is 79.9. The van der Waals surface area contributed by atoms with Crippen LogP contribution in [-0.4, -0.2) is 4.98 Å². The number of hydrogen-bond acceptors (Lipinski definition) is 3. The molecule has 0 aliphatic carbocycles. The summed E-state index contributed by atoms with van der Waals surface area (Å²) in [6.45, 7) is 3.02. The van der Waals surface area contributed by atoms with Crippen molar-refractivity contribution in [3.05, 3.63) is 57.8 Å². The molecule has 0 aliphatic heterocycles. The molecule has 0 amide bonds. The number of halogens is 1. The van der Waals surface area contributed by atoms with Crippen LogP contribution in [0.3, 0.4) is 0 Å². The van der Waals surface area contributed by atoms with Crippen molar-refractivity contribution < 1.29 is 4.74 Å². The monoisotopic (exact) mass is 306 g/mol. The predicted molar refractivity (Wildman–Crippen MR) is 75.3 cm³/mol. The second kappa shape index (κ2) is 5.98. The summed E-state index contributed by atoms with van der Waals surface area (Å²) in [7, 11) is 0. The van der Waals surface area contributed by atoms with Crippen LogP contribution in [0.2, 0.25) is 0 Å². The second-order valence-corrected chi connectivity index (χ2v) is 4.97. The van der Waals surface area contributed by atoms with Gasteiger partial charge in [-0.15, -0.1) is 0 Å². The topological polar surface area (TPSA) is 48.1 Å². The van der Waals surface area contributed by atoms with E-state index in [2.05, 4.69) is 27.0 Å². The molecule has 0 aliphatic rings. The summed E-state index contributed by atoms with van der Waals surface area (Å²) in [4.78, 5) is 4.14. The quantitative estimate of drug-likeness (QED) is 0.943. The molecule has 0 fully saturated rings. The van der Waals surface area contributed by atoms with E-state index in [4.69, 9.17) is 10.5 Å². The molecule has 2 N–H and O–H groups in total. The number of rotatable bonds is 4. The predicted octanol–water partition coefficient (Wildman–Crippen LogP) is 3.19. The molecule has 0 radical (unpaired) electrons. The average molecular weight is 307 g/mol. The van der Waals surface area contributed by atoms with E-state index in [0.717, 1.165) is 26.9 Å². The zero-order valence-corrected chi connectivity index (χ0v) is 11.8. The van der Waals surface area contributed by atoms with Gasteiger partial charge in [0, 0.05) is 29.0 Å². The van der Waals surface area contributed by atoms with Crippen LogP contribution in [0.1, 0.15) is 16.7 Å². The number of benzene rings is 1. The van der Waals surface area contributed by atoms with Crippen molar-refractivity contribution in [3.8, 4) is 5.75 Å². The number of hydrogen-bond donors (Lipinski definition) is 1. The van der Waals surface area contributed by atoms with E-state index in [0.29, 0.717) is 13.2 Å². The van der Waals surface area contributed by atoms with Crippen LogP contribution in [0, 0.1) is 6.92 Å².